The van der Waals surface area contributed by atoms with Crippen LogP contribution in [0, 0.1) is 5.92 Å². The van der Waals surface area contributed by atoms with E-state index in [0.717, 1.165) is 32.1 Å². The Kier molecular flexibility index (Phi) is 6.65. The normalized spacial score (nSPS) is 27.6. The molecule has 1 rings (SSSR count). The summed E-state index contributed by atoms with van der Waals surface area (Å²) >= 11 is 0. The van der Waals surface area contributed by atoms with Crippen molar-refractivity contribution in [1.29, 1.82) is 0 Å². The molecule has 0 aromatic heterocycles. The molecule has 0 bridgehead atoms. The summed E-state index contributed by atoms with van der Waals surface area (Å²) in [6.45, 7) is 6.14. The maximum absolute atomic E-state index is 11.8. The molecule has 0 spiro atoms. The van der Waals surface area contributed by atoms with Crippen LogP contribution in [-0.2, 0) is 9.53 Å². The van der Waals surface area contributed by atoms with E-state index in [0.29, 0.717) is 5.92 Å². The molecule has 0 aromatic rings. The number of ether oxygens (including phenoxy) is 1. The van der Waals surface area contributed by atoms with Gasteiger partial charge in [-0.3, -0.25) is 4.79 Å². The van der Waals surface area contributed by atoms with Crippen molar-refractivity contribution in [3.05, 3.63) is 0 Å². The Hall–Kier alpha value is -0.610. The minimum absolute atomic E-state index is 0.0198. The Morgan fingerprint density at radius 1 is 1.33 bits per heavy atom. The van der Waals surface area contributed by atoms with E-state index in [2.05, 4.69) is 5.32 Å². The Labute approximate surface area is 110 Å². The third kappa shape index (κ3) is 4.94. The van der Waals surface area contributed by atoms with Gasteiger partial charge in [-0.15, -0.1) is 0 Å². The lowest BCUT2D eigenvalue weighted by molar-refractivity contribution is -0.137. The third-order valence-corrected chi connectivity index (χ3v) is 3.82. The standard InChI is InChI=1S/C14H27NO3/c1-4-10(2)15-14(17)11(3)18-13-7-5-12(9-16)6-8-13/h10-13,16H,4-9H2,1-3H3,(H,15,17). The fourth-order valence-corrected chi connectivity index (χ4v) is 2.26. The monoisotopic (exact) mass is 257 g/mol. The van der Waals surface area contributed by atoms with Crippen molar-refractivity contribution in [2.45, 2.75) is 71.1 Å². The zero-order valence-corrected chi connectivity index (χ0v) is 11.8. The first-order chi connectivity index (χ1) is 8.56. The summed E-state index contributed by atoms with van der Waals surface area (Å²) in [4.78, 5) is 11.8. The third-order valence-electron chi connectivity index (χ3n) is 3.82. The number of hydrogen-bond donors (Lipinski definition) is 2. The van der Waals surface area contributed by atoms with E-state index in [1.54, 1.807) is 0 Å². The van der Waals surface area contributed by atoms with Crippen LogP contribution in [0.3, 0.4) is 0 Å². The largest absolute Gasteiger partial charge is 0.396 e. The van der Waals surface area contributed by atoms with Gasteiger partial charge in [-0.2, -0.15) is 0 Å². The second-order valence-electron chi connectivity index (χ2n) is 5.42. The maximum Gasteiger partial charge on any atom is 0.249 e. The van der Waals surface area contributed by atoms with Crippen LogP contribution in [0.15, 0.2) is 0 Å². The van der Waals surface area contributed by atoms with Gasteiger partial charge in [-0.1, -0.05) is 6.92 Å². The van der Waals surface area contributed by atoms with E-state index in [9.17, 15) is 4.79 Å². The number of amides is 1. The van der Waals surface area contributed by atoms with E-state index in [4.69, 9.17) is 9.84 Å². The second-order valence-corrected chi connectivity index (χ2v) is 5.42. The van der Waals surface area contributed by atoms with Crippen LogP contribution in [0.2, 0.25) is 0 Å². The molecule has 2 atom stereocenters. The fourth-order valence-electron chi connectivity index (χ4n) is 2.26. The summed E-state index contributed by atoms with van der Waals surface area (Å²) in [5.41, 5.74) is 0. The number of rotatable bonds is 6. The van der Waals surface area contributed by atoms with Gasteiger partial charge in [0.05, 0.1) is 6.10 Å². The lowest BCUT2D eigenvalue weighted by atomic mass is 9.88. The van der Waals surface area contributed by atoms with Gasteiger partial charge in [0.25, 0.3) is 0 Å². The molecular weight excluding hydrogens is 230 g/mol. The smallest absolute Gasteiger partial charge is 0.249 e. The van der Waals surface area contributed by atoms with Crippen molar-refractivity contribution < 1.29 is 14.6 Å². The molecule has 0 saturated heterocycles. The molecule has 1 fully saturated rings. The molecule has 1 aliphatic rings. The zero-order valence-electron chi connectivity index (χ0n) is 11.8. The van der Waals surface area contributed by atoms with E-state index in [-0.39, 0.29) is 30.8 Å². The highest BCUT2D eigenvalue weighted by atomic mass is 16.5. The number of nitrogens with one attached hydrogen (secondary N) is 1. The molecule has 18 heavy (non-hydrogen) atoms. The fraction of sp³-hybridized carbons (Fsp3) is 0.929. The van der Waals surface area contributed by atoms with E-state index in [1.165, 1.54) is 0 Å². The molecule has 4 nitrogen and oxygen atoms in total. The highest BCUT2D eigenvalue weighted by molar-refractivity contribution is 5.80. The average molecular weight is 257 g/mol. The summed E-state index contributed by atoms with van der Waals surface area (Å²) in [6, 6.07) is 0.202. The number of carbonyl (C=O) groups is 1. The molecule has 106 valence electrons. The van der Waals surface area contributed by atoms with E-state index < -0.39 is 0 Å². The lowest BCUT2D eigenvalue weighted by Crippen LogP contribution is -2.41. The van der Waals surface area contributed by atoms with Gasteiger partial charge >= 0.3 is 0 Å². The Morgan fingerprint density at radius 3 is 2.44 bits per heavy atom. The van der Waals surface area contributed by atoms with Crippen molar-refractivity contribution in [3.8, 4) is 0 Å². The summed E-state index contributed by atoms with van der Waals surface area (Å²) in [7, 11) is 0. The molecule has 0 aromatic carbocycles. The number of carbonyl (C=O) groups excluding carboxylic acids is 1. The van der Waals surface area contributed by atoms with Crippen LogP contribution in [0.25, 0.3) is 0 Å². The molecule has 1 amide bonds. The Morgan fingerprint density at radius 2 is 1.94 bits per heavy atom. The number of hydrogen-bond acceptors (Lipinski definition) is 3. The first-order valence-electron chi connectivity index (χ1n) is 7.13. The maximum atomic E-state index is 11.8. The van der Waals surface area contributed by atoms with Gasteiger partial charge in [-0.05, 0) is 51.9 Å². The van der Waals surface area contributed by atoms with Crippen molar-refractivity contribution in [2.24, 2.45) is 5.92 Å². The lowest BCUT2D eigenvalue weighted by Gasteiger charge is -2.29. The Bertz CT molecular complexity index is 249. The molecular formula is C14H27NO3. The van der Waals surface area contributed by atoms with Gasteiger partial charge in [0, 0.05) is 12.6 Å². The van der Waals surface area contributed by atoms with Crippen LogP contribution >= 0.6 is 0 Å². The predicted octanol–water partition coefficient (Wildman–Crippen LogP) is 1.86. The van der Waals surface area contributed by atoms with Gasteiger partial charge < -0.3 is 15.2 Å². The van der Waals surface area contributed by atoms with Crippen molar-refractivity contribution in [1.82, 2.24) is 5.32 Å². The van der Waals surface area contributed by atoms with Crippen LogP contribution in [0.1, 0.15) is 52.9 Å². The van der Waals surface area contributed by atoms with Crippen molar-refractivity contribution in [3.63, 3.8) is 0 Å². The highest BCUT2D eigenvalue weighted by Gasteiger charge is 2.25. The zero-order chi connectivity index (χ0) is 13.5. The van der Waals surface area contributed by atoms with Crippen molar-refractivity contribution >= 4 is 5.91 Å². The number of aliphatic hydroxyl groups excluding tert-OH is 1. The molecule has 1 aliphatic carbocycles. The minimum atomic E-state index is -0.380. The second kappa shape index (κ2) is 7.74. The molecule has 0 radical (unpaired) electrons. The number of aliphatic hydroxyl groups is 1. The van der Waals surface area contributed by atoms with Crippen LogP contribution in [-0.4, -0.2) is 35.9 Å². The topological polar surface area (TPSA) is 58.6 Å². The average Bonchev–Trinajstić information content (AvgIpc) is 2.39. The molecule has 0 heterocycles. The predicted molar refractivity (Wildman–Crippen MR) is 71.3 cm³/mol. The van der Waals surface area contributed by atoms with E-state index >= 15 is 0 Å². The quantitative estimate of drug-likeness (QED) is 0.763. The SMILES string of the molecule is CCC(C)NC(=O)C(C)OC1CCC(CO)CC1. The molecule has 2 unspecified atom stereocenters. The minimum Gasteiger partial charge on any atom is -0.396 e. The summed E-state index contributed by atoms with van der Waals surface area (Å²) in [6.07, 6.45) is 4.63. The van der Waals surface area contributed by atoms with Crippen LogP contribution < -0.4 is 5.32 Å². The van der Waals surface area contributed by atoms with Gasteiger partial charge in [-0.25, -0.2) is 0 Å². The van der Waals surface area contributed by atoms with Gasteiger partial charge in [0.2, 0.25) is 5.91 Å². The molecule has 1 saturated carbocycles. The van der Waals surface area contributed by atoms with Crippen molar-refractivity contribution in [2.75, 3.05) is 6.61 Å². The molecule has 2 N–H and O–H groups in total. The van der Waals surface area contributed by atoms with Crippen LogP contribution in [0.5, 0.6) is 0 Å². The first kappa shape index (κ1) is 15.4. The van der Waals surface area contributed by atoms with Gasteiger partial charge in [0.15, 0.2) is 0 Å². The van der Waals surface area contributed by atoms with Crippen LogP contribution in [0.4, 0.5) is 0 Å². The summed E-state index contributed by atoms with van der Waals surface area (Å²) in [5, 5.41) is 12.0. The molecule has 4 heteroatoms. The molecule has 0 aliphatic heterocycles. The Balaban J connectivity index is 2.27. The first-order valence-corrected chi connectivity index (χ1v) is 7.13. The summed E-state index contributed by atoms with van der Waals surface area (Å²) in [5.74, 6) is 0.405. The summed E-state index contributed by atoms with van der Waals surface area (Å²) < 4.78 is 5.80. The van der Waals surface area contributed by atoms with Gasteiger partial charge in [0.1, 0.15) is 6.10 Å². The highest BCUT2D eigenvalue weighted by Crippen LogP contribution is 2.26. The van der Waals surface area contributed by atoms with E-state index in [1.807, 2.05) is 20.8 Å².